The van der Waals surface area contributed by atoms with E-state index in [9.17, 15) is 4.39 Å². The van der Waals surface area contributed by atoms with Crippen LogP contribution >= 0.6 is 15.9 Å². The van der Waals surface area contributed by atoms with Crippen LogP contribution < -0.4 is 5.32 Å². The highest BCUT2D eigenvalue weighted by molar-refractivity contribution is 9.10. The normalized spacial score (nSPS) is 10.4. The molecule has 0 atom stereocenters. The van der Waals surface area contributed by atoms with Crippen LogP contribution in [-0.4, -0.2) is 0 Å². The Bertz CT molecular complexity index is 566. The average Bonchev–Trinajstić information content (AvgIpc) is 2.34. The second kappa shape index (κ2) is 5.53. The minimum absolute atomic E-state index is 0.234. The minimum atomic E-state index is -0.234. The first-order valence-corrected chi connectivity index (χ1v) is 6.60. The Balaban J connectivity index is 2.11. The van der Waals surface area contributed by atoms with E-state index in [-0.39, 0.29) is 5.82 Å². The molecule has 0 aliphatic carbocycles. The van der Waals surface area contributed by atoms with Crippen LogP contribution in [0.2, 0.25) is 0 Å². The van der Waals surface area contributed by atoms with Gasteiger partial charge in [-0.05, 0) is 48.7 Å². The van der Waals surface area contributed by atoms with Crippen molar-refractivity contribution >= 4 is 21.6 Å². The zero-order chi connectivity index (χ0) is 13.1. The molecule has 2 aromatic rings. The number of nitrogens with one attached hydrogen (secondary N) is 1. The van der Waals surface area contributed by atoms with Gasteiger partial charge in [-0.2, -0.15) is 0 Å². The van der Waals surface area contributed by atoms with Crippen molar-refractivity contribution in [3.63, 3.8) is 0 Å². The van der Waals surface area contributed by atoms with Crippen LogP contribution in [0, 0.1) is 19.7 Å². The summed E-state index contributed by atoms with van der Waals surface area (Å²) in [6, 6.07) is 11.2. The predicted molar refractivity (Wildman–Crippen MR) is 77.3 cm³/mol. The smallest absolute Gasteiger partial charge is 0.146 e. The third kappa shape index (κ3) is 3.10. The first-order valence-electron chi connectivity index (χ1n) is 5.81. The fourth-order valence-corrected chi connectivity index (χ4v) is 2.10. The lowest BCUT2D eigenvalue weighted by Crippen LogP contribution is -2.02. The number of hydrogen-bond acceptors (Lipinski definition) is 1. The van der Waals surface area contributed by atoms with E-state index < -0.39 is 0 Å². The molecule has 1 nitrogen and oxygen atoms in total. The maximum absolute atomic E-state index is 13.5. The highest BCUT2D eigenvalue weighted by Crippen LogP contribution is 2.21. The van der Waals surface area contributed by atoms with Gasteiger partial charge >= 0.3 is 0 Å². The van der Waals surface area contributed by atoms with Crippen LogP contribution in [0.3, 0.4) is 0 Å². The Morgan fingerprint density at radius 2 is 1.83 bits per heavy atom. The molecule has 2 aromatic carbocycles. The largest absolute Gasteiger partial charge is 0.379 e. The quantitative estimate of drug-likeness (QED) is 0.857. The molecule has 0 aliphatic rings. The molecule has 0 radical (unpaired) electrons. The van der Waals surface area contributed by atoms with Crippen molar-refractivity contribution in [3.8, 4) is 0 Å². The van der Waals surface area contributed by atoms with Crippen molar-refractivity contribution in [2.45, 2.75) is 20.4 Å². The number of halogens is 2. The molecule has 0 bridgehead atoms. The molecule has 0 amide bonds. The van der Waals surface area contributed by atoms with Gasteiger partial charge in [0.05, 0.1) is 5.69 Å². The molecule has 0 heterocycles. The van der Waals surface area contributed by atoms with Crippen LogP contribution in [0.4, 0.5) is 10.1 Å². The van der Waals surface area contributed by atoms with Gasteiger partial charge in [0.1, 0.15) is 5.82 Å². The van der Waals surface area contributed by atoms with Gasteiger partial charge < -0.3 is 5.32 Å². The summed E-state index contributed by atoms with van der Waals surface area (Å²) in [6.07, 6.45) is 0. The molecular weight excluding hydrogens is 293 g/mol. The van der Waals surface area contributed by atoms with E-state index in [0.717, 1.165) is 10.0 Å². The van der Waals surface area contributed by atoms with Gasteiger partial charge in [0.15, 0.2) is 0 Å². The molecular formula is C15H15BrFN. The molecule has 0 unspecified atom stereocenters. The Kier molecular flexibility index (Phi) is 4.02. The molecule has 94 valence electrons. The van der Waals surface area contributed by atoms with Gasteiger partial charge in [0, 0.05) is 11.0 Å². The predicted octanol–water partition coefficient (Wildman–Crippen LogP) is 4.82. The van der Waals surface area contributed by atoms with Gasteiger partial charge in [-0.15, -0.1) is 0 Å². The Labute approximate surface area is 115 Å². The third-order valence-corrected chi connectivity index (χ3v) is 3.48. The second-order valence-corrected chi connectivity index (χ2v) is 5.31. The van der Waals surface area contributed by atoms with Crippen molar-refractivity contribution in [2.75, 3.05) is 5.32 Å². The molecule has 3 heteroatoms. The van der Waals surface area contributed by atoms with Gasteiger partial charge in [-0.1, -0.05) is 34.1 Å². The molecule has 0 saturated carbocycles. The molecule has 0 aromatic heterocycles. The van der Waals surface area contributed by atoms with E-state index in [2.05, 4.69) is 53.3 Å². The van der Waals surface area contributed by atoms with E-state index >= 15 is 0 Å². The monoisotopic (exact) mass is 307 g/mol. The van der Waals surface area contributed by atoms with Gasteiger partial charge in [-0.25, -0.2) is 4.39 Å². The van der Waals surface area contributed by atoms with Gasteiger partial charge in [0.2, 0.25) is 0 Å². The molecule has 0 aliphatic heterocycles. The zero-order valence-electron chi connectivity index (χ0n) is 10.4. The van der Waals surface area contributed by atoms with E-state index in [0.29, 0.717) is 12.2 Å². The number of benzene rings is 2. The second-order valence-electron chi connectivity index (χ2n) is 4.40. The summed E-state index contributed by atoms with van der Waals surface area (Å²) in [5, 5.41) is 3.11. The summed E-state index contributed by atoms with van der Waals surface area (Å²) in [5.41, 5.74) is 4.19. The summed E-state index contributed by atoms with van der Waals surface area (Å²) < 4.78 is 14.4. The SMILES string of the molecule is Cc1ccc(CNc2cc(Br)ccc2F)cc1C. The van der Waals surface area contributed by atoms with Crippen LogP contribution in [0.25, 0.3) is 0 Å². The molecule has 0 saturated heterocycles. The summed E-state index contributed by atoms with van der Waals surface area (Å²) in [6.45, 7) is 4.79. The van der Waals surface area contributed by atoms with E-state index in [4.69, 9.17) is 0 Å². The fourth-order valence-electron chi connectivity index (χ4n) is 1.74. The Morgan fingerprint density at radius 1 is 1.06 bits per heavy atom. The lowest BCUT2D eigenvalue weighted by Gasteiger charge is -2.09. The van der Waals surface area contributed by atoms with Crippen molar-refractivity contribution < 1.29 is 4.39 Å². The first kappa shape index (κ1) is 13.1. The number of aryl methyl sites for hydroxylation is 2. The zero-order valence-corrected chi connectivity index (χ0v) is 12.0. The maximum atomic E-state index is 13.5. The minimum Gasteiger partial charge on any atom is -0.379 e. The van der Waals surface area contributed by atoms with E-state index in [1.54, 1.807) is 12.1 Å². The van der Waals surface area contributed by atoms with E-state index in [1.165, 1.54) is 17.2 Å². The lowest BCUT2D eigenvalue weighted by atomic mass is 10.1. The van der Waals surface area contributed by atoms with Crippen LogP contribution in [0.15, 0.2) is 40.9 Å². The molecule has 1 N–H and O–H groups in total. The van der Waals surface area contributed by atoms with E-state index in [1.807, 2.05) is 0 Å². The molecule has 0 spiro atoms. The summed E-state index contributed by atoms with van der Waals surface area (Å²) in [7, 11) is 0. The number of anilines is 1. The summed E-state index contributed by atoms with van der Waals surface area (Å²) in [5.74, 6) is -0.234. The third-order valence-electron chi connectivity index (χ3n) is 2.98. The molecule has 18 heavy (non-hydrogen) atoms. The topological polar surface area (TPSA) is 12.0 Å². The van der Waals surface area contributed by atoms with Crippen LogP contribution in [0.1, 0.15) is 16.7 Å². The molecule has 0 fully saturated rings. The Morgan fingerprint density at radius 3 is 2.56 bits per heavy atom. The fraction of sp³-hybridized carbons (Fsp3) is 0.200. The van der Waals surface area contributed by atoms with Gasteiger partial charge in [-0.3, -0.25) is 0 Å². The highest BCUT2D eigenvalue weighted by atomic mass is 79.9. The van der Waals surface area contributed by atoms with Gasteiger partial charge in [0.25, 0.3) is 0 Å². The van der Waals surface area contributed by atoms with Crippen LogP contribution in [0.5, 0.6) is 0 Å². The summed E-state index contributed by atoms with van der Waals surface area (Å²) in [4.78, 5) is 0. The number of hydrogen-bond donors (Lipinski definition) is 1. The summed E-state index contributed by atoms with van der Waals surface area (Å²) >= 11 is 3.34. The lowest BCUT2D eigenvalue weighted by molar-refractivity contribution is 0.630. The Hall–Kier alpha value is -1.35. The average molecular weight is 308 g/mol. The maximum Gasteiger partial charge on any atom is 0.146 e. The standard InChI is InChI=1S/C15H15BrFN/c1-10-3-4-12(7-11(10)2)9-18-15-8-13(16)5-6-14(15)17/h3-8,18H,9H2,1-2H3. The van der Waals surface area contributed by atoms with Crippen molar-refractivity contribution in [3.05, 3.63) is 63.4 Å². The van der Waals surface area contributed by atoms with Crippen molar-refractivity contribution in [2.24, 2.45) is 0 Å². The number of rotatable bonds is 3. The first-order chi connectivity index (χ1) is 8.56. The van der Waals surface area contributed by atoms with Crippen molar-refractivity contribution in [1.29, 1.82) is 0 Å². The van der Waals surface area contributed by atoms with Crippen LogP contribution in [-0.2, 0) is 6.54 Å². The van der Waals surface area contributed by atoms with Crippen molar-refractivity contribution in [1.82, 2.24) is 0 Å². The highest BCUT2D eigenvalue weighted by Gasteiger charge is 2.03. The molecule has 2 rings (SSSR count).